The van der Waals surface area contributed by atoms with Crippen LogP contribution in [0.1, 0.15) is 21.6 Å². The molecule has 4 aromatic rings. The summed E-state index contributed by atoms with van der Waals surface area (Å²) < 4.78 is 1.52. The number of carbonyl (C=O) groups is 1. The van der Waals surface area contributed by atoms with Crippen molar-refractivity contribution in [1.82, 2.24) is 19.7 Å². The Morgan fingerprint density at radius 3 is 2.86 bits per heavy atom. The van der Waals surface area contributed by atoms with E-state index < -0.39 is 5.97 Å². The number of aromatic carboxylic acids is 1. The van der Waals surface area contributed by atoms with E-state index >= 15 is 0 Å². The molecule has 0 bridgehead atoms. The average Bonchev–Trinajstić information content (AvgIpc) is 3.12. The zero-order valence-electron chi connectivity index (χ0n) is 15.7. The number of aryl methyl sites for hydroxylation is 1. The van der Waals surface area contributed by atoms with Crippen LogP contribution in [0.2, 0.25) is 0 Å². The molecule has 0 spiro atoms. The molecule has 1 aliphatic carbocycles. The second-order valence-corrected chi connectivity index (χ2v) is 7.10. The second-order valence-electron chi connectivity index (χ2n) is 7.10. The van der Waals surface area contributed by atoms with E-state index in [9.17, 15) is 9.90 Å². The van der Waals surface area contributed by atoms with Gasteiger partial charge in [0, 0.05) is 34.5 Å². The second kappa shape index (κ2) is 6.67. The number of fused-ring (bicyclic) bond motifs is 4. The van der Waals surface area contributed by atoms with E-state index in [1.165, 1.54) is 4.68 Å². The van der Waals surface area contributed by atoms with Gasteiger partial charge in [0.25, 0.3) is 0 Å². The van der Waals surface area contributed by atoms with E-state index in [-0.39, 0.29) is 5.69 Å². The molecule has 3 heterocycles. The molecule has 0 aliphatic heterocycles. The number of aromatic nitrogens is 4. The molecule has 0 atom stereocenters. The molecule has 29 heavy (non-hydrogen) atoms. The summed E-state index contributed by atoms with van der Waals surface area (Å²) in [5.41, 5.74) is 6.42. The summed E-state index contributed by atoms with van der Waals surface area (Å²) in [7, 11) is 0. The Morgan fingerprint density at radius 1 is 1.17 bits per heavy atom. The molecule has 5 rings (SSSR count). The minimum atomic E-state index is -0.961. The summed E-state index contributed by atoms with van der Waals surface area (Å²) in [6.45, 7) is 4.07. The van der Waals surface area contributed by atoms with Gasteiger partial charge in [-0.25, -0.2) is 4.79 Å². The number of benzene rings is 1. The van der Waals surface area contributed by atoms with Crippen molar-refractivity contribution in [3.05, 3.63) is 78.3 Å². The monoisotopic (exact) mass is 382 g/mol. The summed E-state index contributed by atoms with van der Waals surface area (Å²) in [5, 5.41) is 15.4. The van der Waals surface area contributed by atoms with E-state index in [2.05, 4.69) is 27.7 Å². The minimum Gasteiger partial charge on any atom is -0.477 e. The van der Waals surface area contributed by atoms with Gasteiger partial charge in [-0.05, 0) is 36.6 Å². The molecule has 1 aliphatic rings. The number of rotatable bonds is 4. The van der Waals surface area contributed by atoms with Crippen LogP contribution < -0.4 is 0 Å². The van der Waals surface area contributed by atoms with Gasteiger partial charge in [-0.15, -0.1) is 6.58 Å². The van der Waals surface area contributed by atoms with Crippen LogP contribution in [0.3, 0.4) is 0 Å². The highest BCUT2D eigenvalue weighted by Crippen LogP contribution is 2.36. The molecular formula is C23H18N4O2. The van der Waals surface area contributed by atoms with Gasteiger partial charge in [0.2, 0.25) is 0 Å². The van der Waals surface area contributed by atoms with Crippen molar-refractivity contribution in [2.24, 2.45) is 0 Å². The predicted molar refractivity (Wildman–Crippen MR) is 111 cm³/mol. The average molecular weight is 382 g/mol. The highest BCUT2D eigenvalue weighted by molar-refractivity contribution is 5.91. The third-order valence-electron chi connectivity index (χ3n) is 5.33. The zero-order chi connectivity index (χ0) is 20.0. The van der Waals surface area contributed by atoms with Gasteiger partial charge in [0.15, 0.2) is 0 Å². The summed E-state index contributed by atoms with van der Waals surface area (Å²) in [6.07, 6.45) is 6.73. The van der Waals surface area contributed by atoms with Crippen LogP contribution in [0, 0.1) is 0 Å². The quantitative estimate of drug-likeness (QED) is 0.537. The lowest BCUT2D eigenvalue weighted by Crippen LogP contribution is -2.12. The lowest BCUT2D eigenvalue weighted by molar-refractivity contribution is 0.0682. The summed E-state index contributed by atoms with van der Waals surface area (Å²) in [6, 6.07) is 12.0. The van der Waals surface area contributed by atoms with E-state index in [1.54, 1.807) is 6.08 Å². The predicted octanol–water partition coefficient (Wildman–Crippen LogP) is 4.14. The zero-order valence-corrected chi connectivity index (χ0v) is 15.7. The molecular weight excluding hydrogens is 364 g/mol. The fraction of sp³-hybridized carbons (Fsp3) is 0.130. The third kappa shape index (κ3) is 2.81. The van der Waals surface area contributed by atoms with Crippen molar-refractivity contribution in [2.75, 3.05) is 0 Å². The van der Waals surface area contributed by atoms with Crippen molar-refractivity contribution < 1.29 is 9.90 Å². The normalized spacial score (nSPS) is 12.4. The summed E-state index contributed by atoms with van der Waals surface area (Å²) >= 11 is 0. The molecule has 0 unspecified atom stereocenters. The van der Waals surface area contributed by atoms with Crippen molar-refractivity contribution in [3.63, 3.8) is 0 Å². The van der Waals surface area contributed by atoms with E-state index in [4.69, 9.17) is 0 Å². The largest absolute Gasteiger partial charge is 0.477 e. The van der Waals surface area contributed by atoms with Crippen molar-refractivity contribution in [3.8, 4) is 22.5 Å². The Balaban J connectivity index is 1.66. The lowest BCUT2D eigenvalue weighted by atomic mass is 9.89. The number of para-hydroxylation sites is 1. The Morgan fingerprint density at radius 2 is 2.03 bits per heavy atom. The van der Waals surface area contributed by atoms with Gasteiger partial charge in [-0.3, -0.25) is 14.6 Å². The fourth-order valence-corrected chi connectivity index (χ4v) is 3.98. The number of carboxylic acid groups (broad SMARTS) is 1. The maximum absolute atomic E-state index is 11.8. The molecule has 0 amide bonds. The Bertz CT molecular complexity index is 1290. The highest BCUT2D eigenvalue weighted by atomic mass is 16.4. The molecule has 6 nitrogen and oxygen atoms in total. The van der Waals surface area contributed by atoms with E-state index in [0.29, 0.717) is 13.0 Å². The van der Waals surface area contributed by atoms with Crippen molar-refractivity contribution in [2.45, 2.75) is 19.4 Å². The molecule has 1 aromatic carbocycles. The van der Waals surface area contributed by atoms with Crippen molar-refractivity contribution >= 4 is 16.9 Å². The van der Waals surface area contributed by atoms with Crippen LogP contribution in [0.5, 0.6) is 0 Å². The number of hydrogen-bond acceptors (Lipinski definition) is 4. The first-order valence-electron chi connectivity index (χ1n) is 9.44. The van der Waals surface area contributed by atoms with E-state index in [0.717, 1.165) is 51.0 Å². The Hall–Kier alpha value is -3.80. The topological polar surface area (TPSA) is 80.9 Å². The number of allylic oxidation sites excluding steroid dienone is 1. The smallest absolute Gasteiger partial charge is 0.354 e. The standard InChI is InChI=1S/C23H18N4O2/c1-2-9-27-22(23(28)29)17-8-7-15-12-25-20(11-18(15)21(17)26-27)16-10-14-5-3-4-6-19(14)24-13-16/h2-6,10-13H,1,7-9H2,(H,28,29). The van der Waals surface area contributed by atoms with Gasteiger partial charge < -0.3 is 5.11 Å². The van der Waals surface area contributed by atoms with Gasteiger partial charge >= 0.3 is 5.97 Å². The SMILES string of the molecule is C=CCn1nc2c(c1C(=O)O)CCc1cnc(-c3cnc4ccccc4c3)cc1-2. The van der Waals surface area contributed by atoms with Gasteiger partial charge in [0.1, 0.15) is 5.69 Å². The number of hydrogen-bond donors (Lipinski definition) is 1. The molecule has 142 valence electrons. The summed E-state index contributed by atoms with van der Waals surface area (Å²) in [5.74, 6) is -0.961. The first-order valence-corrected chi connectivity index (χ1v) is 9.44. The van der Waals surface area contributed by atoms with Crippen LogP contribution >= 0.6 is 0 Å². The molecule has 3 aromatic heterocycles. The fourth-order valence-electron chi connectivity index (χ4n) is 3.98. The van der Waals surface area contributed by atoms with Gasteiger partial charge in [-0.1, -0.05) is 24.3 Å². The Labute approximate surface area is 167 Å². The van der Waals surface area contributed by atoms with Crippen LogP contribution in [0.4, 0.5) is 0 Å². The molecule has 0 saturated heterocycles. The molecule has 0 fully saturated rings. The van der Waals surface area contributed by atoms with Crippen LogP contribution in [-0.2, 0) is 19.4 Å². The molecule has 0 saturated carbocycles. The molecule has 1 N–H and O–H groups in total. The number of nitrogens with zero attached hydrogens (tertiary/aromatic N) is 4. The van der Waals surface area contributed by atoms with Crippen LogP contribution in [-0.4, -0.2) is 30.8 Å². The molecule has 6 heteroatoms. The van der Waals surface area contributed by atoms with Crippen LogP contribution in [0.25, 0.3) is 33.4 Å². The minimum absolute atomic E-state index is 0.247. The lowest BCUT2D eigenvalue weighted by Gasteiger charge is -2.16. The number of carboxylic acids is 1. The highest BCUT2D eigenvalue weighted by Gasteiger charge is 2.28. The number of pyridine rings is 2. The maximum Gasteiger partial charge on any atom is 0.354 e. The Kier molecular flexibility index (Phi) is 3.98. The summed E-state index contributed by atoms with van der Waals surface area (Å²) in [4.78, 5) is 21.0. The van der Waals surface area contributed by atoms with Gasteiger partial charge in [-0.2, -0.15) is 5.10 Å². The first-order chi connectivity index (χ1) is 14.2. The third-order valence-corrected chi connectivity index (χ3v) is 5.33. The molecule has 0 radical (unpaired) electrons. The first kappa shape index (κ1) is 17.3. The van der Waals surface area contributed by atoms with E-state index in [1.807, 2.05) is 42.7 Å². The van der Waals surface area contributed by atoms with Crippen LogP contribution in [0.15, 0.2) is 61.4 Å². The van der Waals surface area contributed by atoms with Crippen molar-refractivity contribution in [1.29, 1.82) is 0 Å². The maximum atomic E-state index is 11.8. The van der Waals surface area contributed by atoms with Gasteiger partial charge in [0.05, 0.1) is 23.4 Å².